The number of nitrogens with zero attached hydrogens (tertiary/aromatic N) is 6. The molecule has 2 aliphatic heterocycles. The van der Waals surface area contributed by atoms with E-state index in [0.717, 1.165) is 31.2 Å². The number of carbonyl (C=O) groups is 5. The van der Waals surface area contributed by atoms with Gasteiger partial charge in [-0.3, -0.25) is 19.2 Å². The molecule has 14 heteroatoms. The predicted octanol–water partition coefficient (Wildman–Crippen LogP) is 2.04. The minimum absolute atomic E-state index is 0.0138. The molecule has 0 unspecified atom stereocenters. The Morgan fingerprint density at radius 3 is 2.20 bits per heavy atom. The van der Waals surface area contributed by atoms with Crippen LogP contribution in [0.15, 0.2) is 66.7 Å². The molecule has 1 atom stereocenters. The number of rotatable bonds is 11. The number of hydrogen-bond donors (Lipinski definition) is 2. The topological polar surface area (TPSA) is 149 Å². The van der Waals surface area contributed by atoms with Crippen molar-refractivity contribution < 1.29 is 28.7 Å². The van der Waals surface area contributed by atoms with E-state index in [4.69, 9.17) is 4.74 Å². The van der Waals surface area contributed by atoms with Crippen molar-refractivity contribution in [3.63, 3.8) is 0 Å². The lowest BCUT2D eigenvalue weighted by atomic mass is 9.93. The highest BCUT2D eigenvalue weighted by Crippen LogP contribution is 2.23. The number of aromatic nitrogens is 2. The molecule has 1 aromatic heterocycles. The molecule has 6 amide bonds. The Hall–Kier alpha value is -5.40. The molecule has 0 bridgehead atoms. The standard InChI is InChI=1S/C36H44N8O6/c1-40(24-26-10-4-2-5-11-26)36(49)42-20-18-41(19-21-42)31(45)23-37-34(47)29-22-33(44(39-29)28-14-6-3-7-15-28)50-25-32(46)43-17-9-16-30(43)35(48)38-27-12-8-13-27/h2-7,10-11,14-15,22,27,30H,8-9,12-13,16-21,23-25H2,1H3,(H,37,47)(H,38,48)/t30-/m0/s1. The number of urea groups is 1. The molecular weight excluding hydrogens is 640 g/mol. The Bertz CT molecular complexity index is 1670. The van der Waals surface area contributed by atoms with E-state index in [9.17, 15) is 24.0 Å². The molecule has 0 radical (unpaired) electrons. The van der Waals surface area contributed by atoms with Crippen molar-refractivity contribution in [2.75, 3.05) is 52.9 Å². The van der Waals surface area contributed by atoms with Gasteiger partial charge in [0, 0.05) is 58.4 Å². The van der Waals surface area contributed by atoms with E-state index in [2.05, 4.69) is 15.7 Å². The summed E-state index contributed by atoms with van der Waals surface area (Å²) in [4.78, 5) is 71.8. The summed E-state index contributed by atoms with van der Waals surface area (Å²) in [6, 6.07) is 19.8. The summed E-state index contributed by atoms with van der Waals surface area (Å²) >= 11 is 0. The Balaban J connectivity index is 1.02. The molecule has 0 spiro atoms. The summed E-state index contributed by atoms with van der Waals surface area (Å²) in [7, 11) is 1.76. The van der Waals surface area contributed by atoms with Gasteiger partial charge in [0.05, 0.1) is 12.2 Å². The van der Waals surface area contributed by atoms with E-state index in [0.29, 0.717) is 51.4 Å². The first-order valence-electron chi connectivity index (χ1n) is 17.2. The Morgan fingerprint density at radius 1 is 0.840 bits per heavy atom. The molecule has 6 rings (SSSR count). The molecule has 1 saturated carbocycles. The Labute approximate surface area is 291 Å². The van der Waals surface area contributed by atoms with Crippen molar-refractivity contribution in [3.05, 3.63) is 78.0 Å². The summed E-state index contributed by atoms with van der Waals surface area (Å²) in [5, 5.41) is 10.1. The highest BCUT2D eigenvalue weighted by Gasteiger charge is 2.36. The summed E-state index contributed by atoms with van der Waals surface area (Å²) in [5.41, 5.74) is 1.67. The first kappa shape index (κ1) is 34.5. The van der Waals surface area contributed by atoms with Crippen LogP contribution in [0.2, 0.25) is 0 Å². The summed E-state index contributed by atoms with van der Waals surface area (Å²) in [5.74, 6) is -1.11. The van der Waals surface area contributed by atoms with Crippen molar-refractivity contribution >= 4 is 29.7 Å². The second kappa shape index (κ2) is 15.9. The van der Waals surface area contributed by atoms with Crippen LogP contribution in [0.25, 0.3) is 5.69 Å². The van der Waals surface area contributed by atoms with Crippen molar-refractivity contribution in [2.45, 2.75) is 50.7 Å². The Morgan fingerprint density at radius 2 is 1.52 bits per heavy atom. The monoisotopic (exact) mass is 684 g/mol. The minimum atomic E-state index is -0.576. The zero-order valence-corrected chi connectivity index (χ0v) is 28.3. The minimum Gasteiger partial charge on any atom is -0.467 e. The van der Waals surface area contributed by atoms with Crippen molar-refractivity contribution in [1.29, 1.82) is 0 Å². The fourth-order valence-electron chi connectivity index (χ4n) is 6.41. The van der Waals surface area contributed by atoms with Crippen molar-refractivity contribution in [1.82, 2.24) is 40.0 Å². The lowest BCUT2D eigenvalue weighted by molar-refractivity contribution is -0.140. The van der Waals surface area contributed by atoms with Crippen LogP contribution in [-0.4, -0.2) is 124 Å². The van der Waals surface area contributed by atoms with Crippen LogP contribution < -0.4 is 15.4 Å². The molecule has 2 N–H and O–H groups in total. The number of ether oxygens (including phenoxy) is 1. The molecule has 14 nitrogen and oxygen atoms in total. The van der Waals surface area contributed by atoms with E-state index in [-0.39, 0.29) is 54.5 Å². The van der Waals surface area contributed by atoms with E-state index < -0.39 is 11.9 Å². The van der Waals surface area contributed by atoms with Crippen LogP contribution in [0, 0.1) is 0 Å². The van der Waals surface area contributed by atoms with E-state index in [1.54, 1.807) is 38.8 Å². The number of para-hydroxylation sites is 1. The quantitative estimate of drug-likeness (QED) is 0.314. The number of hydrogen-bond acceptors (Lipinski definition) is 7. The van der Waals surface area contributed by atoms with Crippen LogP contribution >= 0.6 is 0 Å². The van der Waals surface area contributed by atoms with Gasteiger partial charge in [0.15, 0.2) is 12.3 Å². The number of piperazine rings is 1. The van der Waals surface area contributed by atoms with Gasteiger partial charge in [0.1, 0.15) is 6.04 Å². The molecule has 3 aromatic rings. The fraction of sp³-hybridized carbons (Fsp3) is 0.444. The lowest BCUT2D eigenvalue weighted by Crippen LogP contribution is -2.54. The first-order valence-corrected chi connectivity index (χ1v) is 17.2. The number of carbonyl (C=O) groups excluding carboxylic acids is 5. The summed E-state index contributed by atoms with van der Waals surface area (Å²) in [6.45, 7) is 1.88. The van der Waals surface area contributed by atoms with Gasteiger partial charge in [-0.2, -0.15) is 5.10 Å². The lowest BCUT2D eigenvalue weighted by Gasteiger charge is -2.36. The van der Waals surface area contributed by atoms with Gasteiger partial charge in [-0.15, -0.1) is 0 Å². The number of benzene rings is 2. The second-order valence-electron chi connectivity index (χ2n) is 13.0. The number of nitrogens with one attached hydrogen (secondary N) is 2. The molecule has 3 heterocycles. The molecule has 264 valence electrons. The normalized spacial score (nSPS) is 17.5. The maximum absolute atomic E-state index is 13.2. The molecule has 2 saturated heterocycles. The molecular formula is C36H44N8O6. The molecule has 50 heavy (non-hydrogen) atoms. The molecule has 1 aliphatic carbocycles. The van der Waals surface area contributed by atoms with Gasteiger partial charge in [-0.25, -0.2) is 9.48 Å². The third-order valence-corrected chi connectivity index (χ3v) is 9.47. The highest BCUT2D eigenvalue weighted by atomic mass is 16.5. The van der Waals surface area contributed by atoms with Crippen LogP contribution in [0.3, 0.4) is 0 Å². The predicted molar refractivity (Wildman–Crippen MR) is 183 cm³/mol. The number of likely N-dealkylation sites (tertiary alicyclic amines) is 1. The van der Waals surface area contributed by atoms with Crippen LogP contribution in [0.4, 0.5) is 4.79 Å². The summed E-state index contributed by atoms with van der Waals surface area (Å²) < 4.78 is 7.36. The highest BCUT2D eigenvalue weighted by molar-refractivity contribution is 5.95. The van der Waals surface area contributed by atoms with Gasteiger partial charge in [0.25, 0.3) is 11.8 Å². The maximum Gasteiger partial charge on any atom is 0.320 e. The van der Waals surface area contributed by atoms with Gasteiger partial charge in [-0.05, 0) is 49.8 Å². The van der Waals surface area contributed by atoms with Gasteiger partial charge in [-0.1, -0.05) is 48.5 Å². The van der Waals surface area contributed by atoms with Crippen molar-refractivity contribution in [3.8, 4) is 11.6 Å². The molecule has 2 aromatic carbocycles. The second-order valence-corrected chi connectivity index (χ2v) is 13.0. The van der Waals surface area contributed by atoms with Crippen LogP contribution in [0.1, 0.15) is 48.2 Å². The fourth-order valence-corrected chi connectivity index (χ4v) is 6.41. The summed E-state index contributed by atoms with van der Waals surface area (Å²) in [6.07, 6.45) is 4.38. The molecule has 3 fully saturated rings. The van der Waals surface area contributed by atoms with Gasteiger partial charge < -0.3 is 35.0 Å². The third-order valence-electron chi connectivity index (χ3n) is 9.47. The smallest absolute Gasteiger partial charge is 0.320 e. The van der Waals surface area contributed by atoms with Gasteiger partial charge >= 0.3 is 6.03 Å². The third kappa shape index (κ3) is 8.24. The van der Waals surface area contributed by atoms with E-state index >= 15 is 0 Å². The zero-order valence-electron chi connectivity index (χ0n) is 28.3. The molecule has 3 aliphatic rings. The van der Waals surface area contributed by atoms with Gasteiger partial charge in [0.2, 0.25) is 17.7 Å². The average Bonchev–Trinajstić information content (AvgIpc) is 3.80. The average molecular weight is 685 g/mol. The SMILES string of the molecule is CN(Cc1ccccc1)C(=O)N1CCN(C(=O)CNC(=O)c2cc(OCC(=O)N3CCC[C@H]3C(=O)NC3CCC3)n(-c3ccccc3)n2)CC1. The van der Waals surface area contributed by atoms with Crippen LogP contribution in [-0.2, 0) is 20.9 Å². The Kier molecular flexibility index (Phi) is 10.9. The zero-order chi connectivity index (χ0) is 35.0. The van der Waals surface area contributed by atoms with E-state index in [1.165, 1.54) is 10.7 Å². The van der Waals surface area contributed by atoms with Crippen molar-refractivity contribution in [2.24, 2.45) is 0 Å². The number of amides is 6. The first-order chi connectivity index (χ1) is 24.3. The van der Waals surface area contributed by atoms with E-state index in [1.807, 2.05) is 48.5 Å². The maximum atomic E-state index is 13.2. The largest absolute Gasteiger partial charge is 0.467 e. The van der Waals surface area contributed by atoms with Crippen LogP contribution in [0.5, 0.6) is 5.88 Å².